The van der Waals surface area contributed by atoms with Gasteiger partial charge in [0.05, 0.1) is 28.1 Å². The number of hydrogen-bond donors (Lipinski definition) is 0. The lowest BCUT2D eigenvalue weighted by atomic mass is 9.95. The van der Waals surface area contributed by atoms with Gasteiger partial charge in [-0.1, -0.05) is 0 Å². The van der Waals surface area contributed by atoms with E-state index in [1.54, 1.807) is 11.3 Å². The maximum atomic E-state index is 5.97. The lowest BCUT2D eigenvalue weighted by molar-refractivity contribution is -0.0411. The van der Waals surface area contributed by atoms with E-state index < -0.39 is 0 Å². The molecule has 1 aliphatic rings. The molecule has 132 valence electrons. The molecule has 3 aromatic rings. The van der Waals surface area contributed by atoms with Crippen LogP contribution in [0.1, 0.15) is 44.8 Å². The van der Waals surface area contributed by atoms with E-state index in [-0.39, 0.29) is 5.60 Å². The number of aromatic nitrogens is 3. The second-order valence-electron chi connectivity index (χ2n) is 7.22. The SMILES string of the molecule is CCN(CC)c1nc(C)nc2c1sc1nc3c(cc12)COC(C)(C)C3. The van der Waals surface area contributed by atoms with Crippen LogP contribution < -0.4 is 4.90 Å². The first-order valence-electron chi connectivity index (χ1n) is 8.90. The van der Waals surface area contributed by atoms with Crippen LogP contribution in [0.3, 0.4) is 0 Å². The molecular formula is C19H24N4OS. The fraction of sp³-hybridized carbons (Fsp3) is 0.526. The van der Waals surface area contributed by atoms with E-state index in [4.69, 9.17) is 19.7 Å². The summed E-state index contributed by atoms with van der Waals surface area (Å²) in [6.45, 7) is 13.0. The number of aryl methyl sites for hydroxylation is 1. The molecular weight excluding hydrogens is 332 g/mol. The number of hydrogen-bond acceptors (Lipinski definition) is 6. The number of anilines is 1. The summed E-state index contributed by atoms with van der Waals surface area (Å²) in [6, 6.07) is 2.23. The van der Waals surface area contributed by atoms with E-state index in [0.717, 1.165) is 57.3 Å². The highest BCUT2D eigenvalue weighted by molar-refractivity contribution is 7.25. The lowest BCUT2D eigenvalue weighted by Crippen LogP contribution is -2.32. The van der Waals surface area contributed by atoms with Crippen molar-refractivity contribution in [1.82, 2.24) is 15.0 Å². The van der Waals surface area contributed by atoms with Gasteiger partial charge in [0.15, 0.2) is 0 Å². The molecule has 0 amide bonds. The van der Waals surface area contributed by atoms with Gasteiger partial charge in [0.2, 0.25) is 0 Å². The molecule has 3 aromatic heterocycles. The van der Waals surface area contributed by atoms with Gasteiger partial charge >= 0.3 is 0 Å². The van der Waals surface area contributed by atoms with Crippen LogP contribution >= 0.6 is 11.3 Å². The molecule has 0 aromatic carbocycles. The molecule has 0 saturated heterocycles. The monoisotopic (exact) mass is 356 g/mol. The summed E-state index contributed by atoms with van der Waals surface area (Å²) in [4.78, 5) is 17.8. The molecule has 4 heterocycles. The average molecular weight is 356 g/mol. The Bertz CT molecular complexity index is 959. The van der Waals surface area contributed by atoms with Crippen molar-refractivity contribution in [2.75, 3.05) is 18.0 Å². The van der Waals surface area contributed by atoms with E-state index >= 15 is 0 Å². The first-order chi connectivity index (χ1) is 11.9. The smallest absolute Gasteiger partial charge is 0.150 e. The molecule has 4 rings (SSSR count). The largest absolute Gasteiger partial charge is 0.370 e. The van der Waals surface area contributed by atoms with Crippen molar-refractivity contribution in [1.29, 1.82) is 0 Å². The van der Waals surface area contributed by atoms with E-state index in [0.29, 0.717) is 6.61 Å². The minimum absolute atomic E-state index is 0.146. The number of pyridine rings is 1. The van der Waals surface area contributed by atoms with Gasteiger partial charge in [0, 0.05) is 30.5 Å². The number of ether oxygens (including phenoxy) is 1. The summed E-state index contributed by atoms with van der Waals surface area (Å²) in [5.74, 6) is 1.84. The highest BCUT2D eigenvalue weighted by Gasteiger charge is 2.28. The molecule has 1 aliphatic heterocycles. The maximum Gasteiger partial charge on any atom is 0.150 e. The summed E-state index contributed by atoms with van der Waals surface area (Å²) in [5.41, 5.74) is 3.22. The summed E-state index contributed by atoms with van der Waals surface area (Å²) in [7, 11) is 0. The number of rotatable bonds is 3. The molecule has 0 aliphatic carbocycles. The van der Waals surface area contributed by atoms with Gasteiger partial charge in [0.25, 0.3) is 0 Å². The van der Waals surface area contributed by atoms with Gasteiger partial charge in [-0.3, -0.25) is 0 Å². The Morgan fingerprint density at radius 3 is 2.68 bits per heavy atom. The second kappa shape index (κ2) is 5.88. The van der Waals surface area contributed by atoms with Crippen LogP contribution in [-0.2, 0) is 17.8 Å². The van der Waals surface area contributed by atoms with Crippen molar-refractivity contribution in [3.63, 3.8) is 0 Å². The zero-order valence-electron chi connectivity index (χ0n) is 15.5. The predicted molar refractivity (Wildman–Crippen MR) is 104 cm³/mol. The Morgan fingerprint density at radius 1 is 1.20 bits per heavy atom. The minimum atomic E-state index is -0.146. The fourth-order valence-corrected chi connectivity index (χ4v) is 4.62. The van der Waals surface area contributed by atoms with Crippen molar-refractivity contribution in [2.45, 2.75) is 53.2 Å². The molecule has 0 bridgehead atoms. The van der Waals surface area contributed by atoms with Crippen molar-refractivity contribution in [2.24, 2.45) is 0 Å². The highest BCUT2D eigenvalue weighted by Crippen LogP contribution is 2.39. The van der Waals surface area contributed by atoms with E-state index in [9.17, 15) is 0 Å². The molecule has 0 spiro atoms. The normalized spacial score (nSPS) is 16.4. The number of thiophene rings is 1. The topological polar surface area (TPSA) is 51.1 Å². The third-order valence-electron chi connectivity index (χ3n) is 4.84. The first kappa shape index (κ1) is 16.7. The third kappa shape index (κ3) is 2.77. The lowest BCUT2D eigenvalue weighted by Gasteiger charge is -2.30. The van der Waals surface area contributed by atoms with Crippen molar-refractivity contribution < 1.29 is 4.74 Å². The molecule has 25 heavy (non-hydrogen) atoms. The van der Waals surface area contributed by atoms with Crippen LogP contribution in [0.15, 0.2) is 6.07 Å². The Kier molecular flexibility index (Phi) is 3.92. The second-order valence-corrected chi connectivity index (χ2v) is 8.22. The Morgan fingerprint density at radius 2 is 1.96 bits per heavy atom. The van der Waals surface area contributed by atoms with Gasteiger partial charge in [-0.15, -0.1) is 11.3 Å². The predicted octanol–water partition coefficient (Wildman–Crippen LogP) is 4.25. The molecule has 0 N–H and O–H groups in total. The Balaban J connectivity index is 1.97. The van der Waals surface area contributed by atoms with Gasteiger partial charge in [-0.05, 0) is 40.7 Å². The summed E-state index contributed by atoms with van der Waals surface area (Å²) >= 11 is 1.71. The van der Waals surface area contributed by atoms with Crippen molar-refractivity contribution in [3.8, 4) is 0 Å². The van der Waals surface area contributed by atoms with Crippen LogP contribution in [-0.4, -0.2) is 33.6 Å². The fourth-order valence-electron chi connectivity index (χ4n) is 3.48. The van der Waals surface area contributed by atoms with Gasteiger partial charge in [-0.25, -0.2) is 15.0 Å². The molecule has 0 radical (unpaired) electrons. The van der Waals surface area contributed by atoms with Crippen molar-refractivity contribution >= 4 is 37.6 Å². The van der Waals surface area contributed by atoms with Gasteiger partial charge < -0.3 is 9.64 Å². The first-order valence-corrected chi connectivity index (χ1v) is 9.72. The van der Waals surface area contributed by atoms with Gasteiger partial charge in [-0.2, -0.15) is 0 Å². The molecule has 0 atom stereocenters. The van der Waals surface area contributed by atoms with Crippen LogP contribution in [0.25, 0.3) is 20.4 Å². The summed E-state index contributed by atoms with van der Waals surface area (Å²) < 4.78 is 7.11. The van der Waals surface area contributed by atoms with E-state index in [1.807, 2.05) is 6.92 Å². The Labute approximate surface area is 152 Å². The quantitative estimate of drug-likeness (QED) is 0.702. The van der Waals surface area contributed by atoms with Crippen molar-refractivity contribution in [3.05, 3.63) is 23.1 Å². The molecule has 0 unspecified atom stereocenters. The Hall–Kier alpha value is -1.79. The van der Waals surface area contributed by atoms with Crippen LogP contribution in [0, 0.1) is 6.92 Å². The van der Waals surface area contributed by atoms with Crippen LogP contribution in [0.5, 0.6) is 0 Å². The summed E-state index contributed by atoms with van der Waals surface area (Å²) in [6.07, 6.45) is 0.847. The molecule has 0 fully saturated rings. The minimum Gasteiger partial charge on any atom is -0.370 e. The number of fused-ring (bicyclic) bond motifs is 4. The van der Waals surface area contributed by atoms with E-state index in [1.165, 1.54) is 5.56 Å². The molecule has 5 nitrogen and oxygen atoms in total. The van der Waals surface area contributed by atoms with E-state index in [2.05, 4.69) is 38.7 Å². The highest BCUT2D eigenvalue weighted by atomic mass is 32.1. The van der Waals surface area contributed by atoms with Crippen LogP contribution in [0.4, 0.5) is 5.82 Å². The molecule has 0 saturated carbocycles. The van der Waals surface area contributed by atoms with Crippen LogP contribution in [0.2, 0.25) is 0 Å². The average Bonchev–Trinajstić information content (AvgIpc) is 2.90. The zero-order chi connectivity index (χ0) is 17.8. The van der Waals surface area contributed by atoms with Gasteiger partial charge in [0.1, 0.15) is 16.5 Å². The standard InChI is InChI=1S/C19H24N4OS/c1-6-23(7-2)17-16-15(20-11(3)21-17)13-8-12-10-24-19(4,5)9-14(12)22-18(13)25-16/h8H,6-7,9-10H2,1-5H3. The summed E-state index contributed by atoms with van der Waals surface area (Å²) in [5, 5.41) is 1.13. The molecule has 6 heteroatoms. The maximum absolute atomic E-state index is 5.97. The third-order valence-corrected chi connectivity index (χ3v) is 5.93. The zero-order valence-corrected chi connectivity index (χ0v) is 16.3. The number of nitrogens with zero attached hydrogens (tertiary/aromatic N) is 4.